The summed E-state index contributed by atoms with van der Waals surface area (Å²) in [7, 11) is 0. The summed E-state index contributed by atoms with van der Waals surface area (Å²) in [6.07, 6.45) is 0. The summed E-state index contributed by atoms with van der Waals surface area (Å²) >= 11 is 0. The lowest BCUT2D eigenvalue weighted by Gasteiger charge is -1.95. The molecule has 0 aliphatic rings. The van der Waals surface area contributed by atoms with E-state index in [4.69, 9.17) is 21.0 Å². The number of anilines is 2. The van der Waals surface area contributed by atoms with Crippen molar-refractivity contribution in [1.29, 1.82) is 21.0 Å². The molecule has 0 aliphatic heterocycles. The minimum absolute atomic E-state index is 0.0116. The third-order valence-corrected chi connectivity index (χ3v) is 2.08. The molecule has 2 aromatic rings. The van der Waals surface area contributed by atoms with Gasteiger partial charge in [-0.2, -0.15) is 21.0 Å². The monoisotopic (exact) mass is 249 g/mol. The minimum atomic E-state index is -0.0578. The standard InChI is InChI=1S/C10H3N9/c11-1-5-6(2-12)16-9(15-5)19-10-17-7(3-13)8(4-14)18-10/h(H3,15,16,17,18,19). The summed E-state index contributed by atoms with van der Waals surface area (Å²) in [5.41, 5.74) is -0.0923. The highest BCUT2D eigenvalue weighted by Crippen LogP contribution is 2.14. The van der Waals surface area contributed by atoms with Gasteiger partial charge in [-0.25, -0.2) is 9.97 Å². The maximum absolute atomic E-state index is 8.74. The largest absolute Gasteiger partial charge is 0.314 e. The normalized spacial score (nSPS) is 8.84. The molecule has 88 valence electrons. The van der Waals surface area contributed by atoms with Gasteiger partial charge in [-0.05, 0) is 0 Å². The Labute approximate surface area is 106 Å². The number of rotatable bonds is 2. The number of hydrogen-bond donors (Lipinski definition) is 3. The van der Waals surface area contributed by atoms with E-state index < -0.39 is 0 Å². The van der Waals surface area contributed by atoms with E-state index in [0.29, 0.717) is 0 Å². The van der Waals surface area contributed by atoms with Crippen molar-refractivity contribution in [2.24, 2.45) is 0 Å². The first-order chi connectivity index (χ1) is 9.21. The third kappa shape index (κ3) is 2.03. The molecule has 0 saturated heterocycles. The van der Waals surface area contributed by atoms with E-state index in [1.165, 1.54) is 0 Å². The first-order valence-electron chi connectivity index (χ1n) is 4.79. The smallest absolute Gasteiger partial charge is 0.209 e. The van der Waals surface area contributed by atoms with Crippen LogP contribution >= 0.6 is 0 Å². The van der Waals surface area contributed by atoms with Gasteiger partial charge in [0.2, 0.25) is 11.9 Å². The molecule has 2 heterocycles. The lowest BCUT2D eigenvalue weighted by molar-refractivity contribution is 1.20. The van der Waals surface area contributed by atoms with Gasteiger partial charge < -0.3 is 9.97 Å². The Hall–Kier alpha value is -3.82. The Kier molecular flexibility index (Phi) is 2.81. The Morgan fingerprint density at radius 2 is 1.16 bits per heavy atom. The Balaban J connectivity index is 2.33. The summed E-state index contributed by atoms with van der Waals surface area (Å²) in [6.45, 7) is 0. The second-order valence-corrected chi connectivity index (χ2v) is 3.19. The number of hydrogen-bond acceptors (Lipinski definition) is 7. The van der Waals surface area contributed by atoms with Gasteiger partial charge in [-0.3, -0.25) is 5.32 Å². The van der Waals surface area contributed by atoms with Gasteiger partial charge in [-0.15, -0.1) is 0 Å². The van der Waals surface area contributed by atoms with Crippen LogP contribution in [0.1, 0.15) is 22.8 Å². The van der Waals surface area contributed by atoms with Crippen LogP contribution in [0.3, 0.4) is 0 Å². The highest BCUT2D eigenvalue weighted by atomic mass is 15.2. The minimum Gasteiger partial charge on any atom is -0.314 e. The Morgan fingerprint density at radius 1 is 0.737 bits per heavy atom. The molecule has 3 N–H and O–H groups in total. The summed E-state index contributed by atoms with van der Waals surface area (Å²) < 4.78 is 0. The van der Waals surface area contributed by atoms with Crippen LogP contribution in [0, 0.1) is 45.3 Å². The van der Waals surface area contributed by atoms with E-state index in [9.17, 15) is 0 Å². The fraction of sp³-hybridized carbons (Fsp3) is 0. The molecule has 9 nitrogen and oxygen atoms in total. The van der Waals surface area contributed by atoms with Crippen LogP contribution in [0.4, 0.5) is 11.9 Å². The van der Waals surface area contributed by atoms with Crippen LogP contribution in [-0.2, 0) is 0 Å². The number of nitrogens with zero attached hydrogens (tertiary/aromatic N) is 6. The predicted octanol–water partition coefficient (Wildman–Crippen LogP) is 0.363. The molecule has 0 atom stereocenters. The zero-order chi connectivity index (χ0) is 13.8. The van der Waals surface area contributed by atoms with Crippen molar-refractivity contribution in [2.75, 3.05) is 5.32 Å². The van der Waals surface area contributed by atoms with Crippen LogP contribution in [0.5, 0.6) is 0 Å². The molecule has 0 amide bonds. The van der Waals surface area contributed by atoms with Crippen LogP contribution in [-0.4, -0.2) is 19.9 Å². The van der Waals surface area contributed by atoms with Crippen molar-refractivity contribution < 1.29 is 0 Å². The van der Waals surface area contributed by atoms with E-state index in [0.717, 1.165) is 0 Å². The fourth-order valence-electron chi connectivity index (χ4n) is 1.30. The lowest BCUT2D eigenvalue weighted by Crippen LogP contribution is -1.94. The van der Waals surface area contributed by atoms with E-state index in [2.05, 4.69) is 25.3 Å². The molecule has 0 fully saturated rings. The Bertz CT molecular complexity index is 665. The predicted molar refractivity (Wildman–Crippen MR) is 59.3 cm³/mol. The van der Waals surface area contributed by atoms with Gasteiger partial charge in [0, 0.05) is 0 Å². The number of H-pyrrole nitrogens is 2. The number of aromatic amines is 2. The van der Waals surface area contributed by atoms with Crippen LogP contribution in [0.25, 0.3) is 0 Å². The summed E-state index contributed by atoms with van der Waals surface area (Å²) in [6, 6.07) is 7.05. The maximum Gasteiger partial charge on any atom is 0.209 e. The summed E-state index contributed by atoms with van der Waals surface area (Å²) in [5.74, 6) is 0.214. The van der Waals surface area contributed by atoms with E-state index >= 15 is 0 Å². The second-order valence-electron chi connectivity index (χ2n) is 3.19. The molecule has 0 saturated carbocycles. The van der Waals surface area contributed by atoms with Crippen molar-refractivity contribution in [3.8, 4) is 24.3 Å². The van der Waals surface area contributed by atoms with Gasteiger partial charge in [0.05, 0.1) is 0 Å². The number of nitrogens with one attached hydrogen (secondary N) is 3. The molecule has 9 heteroatoms. The molecule has 19 heavy (non-hydrogen) atoms. The fourth-order valence-corrected chi connectivity index (χ4v) is 1.30. The molecule has 0 unspecified atom stereocenters. The molecule has 0 radical (unpaired) electrons. The topological polar surface area (TPSA) is 165 Å². The van der Waals surface area contributed by atoms with Gasteiger partial charge in [0.15, 0.2) is 22.8 Å². The number of nitriles is 4. The van der Waals surface area contributed by atoms with Gasteiger partial charge in [-0.1, -0.05) is 0 Å². The molecule has 0 aliphatic carbocycles. The third-order valence-electron chi connectivity index (χ3n) is 2.08. The average Bonchev–Trinajstić information content (AvgIpc) is 3.01. The highest BCUT2D eigenvalue weighted by molar-refractivity contribution is 5.52. The summed E-state index contributed by atoms with van der Waals surface area (Å²) in [5, 5.41) is 37.6. The molecule has 0 spiro atoms. The second kappa shape index (κ2) is 4.58. The van der Waals surface area contributed by atoms with Crippen molar-refractivity contribution in [3.05, 3.63) is 22.8 Å². The first-order valence-corrected chi connectivity index (χ1v) is 4.79. The number of aromatic nitrogens is 4. The maximum atomic E-state index is 8.74. The van der Waals surface area contributed by atoms with Crippen molar-refractivity contribution >= 4 is 11.9 Å². The van der Waals surface area contributed by atoms with Crippen LogP contribution in [0.15, 0.2) is 0 Å². The molecular weight excluding hydrogens is 246 g/mol. The molecule has 0 aromatic carbocycles. The average molecular weight is 249 g/mol. The van der Waals surface area contributed by atoms with Crippen LogP contribution in [0.2, 0.25) is 0 Å². The molecular formula is C10H3N9. The van der Waals surface area contributed by atoms with E-state index in [-0.39, 0.29) is 34.7 Å². The Morgan fingerprint density at radius 3 is 1.42 bits per heavy atom. The van der Waals surface area contributed by atoms with Crippen molar-refractivity contribution in [3.63, 3.8) is 0 Å². The number of imidazole rings is 2. The van der Waals surface area contributed by atoms with Gasteiger partial charge in [0.1, 0.15) is 24.3 Å². The molecule has 0 bridgehead atoms. The quantitative estimate of drug-likeness (QED) is 0.690. The van der Waals surface area contributed by atoms with Crippen molar-refractivity contribution in [2.45, 2.75) is 0 Å². The molecule has 2 aromatic heterocycles. The first kappa shape index (κ1) is 11.7. The SMILES string of the molecule is N#Cc1nc(Nc2nc(C#N)c(C#N)[nH]2)[nH]c1C#N. The van der Waals surface area contributed by atoms with E-state index in [1.54, 1.807) is 24.3 Å². The lowest BCUT2D eigenvalue weighted by atomic mass is 10.4. The van der Waals surface area contributed by atoms with Gasteiger partial charge in [0.25, 0.3) is 0 Å². The van der Waals surface area contributed by atoms with Crippen molar-refractivity contribution in [1.82, 2.24) is 19.9 Å². The summed E-state index contributed by atoms with van der Waals surface area (Å²) in [4.78, 5) is 12.7. The van der Waals surface area contributed by atoms with Gasteiger partial charge >= 0.3 is 0 Å². The zero-order valence-corrected chi connectivity index (χ0v) is 9.18. The molecule has 2 rings (SSSR count). The van der Waals surface area contributed by atoms with Crippen LogP contribution < -0.4 is 5.32 Å². The highest BCUT2D eigenvalue weighted by Gasteiger charge is 2.13. The zero-order valence-electron chi connectivity index (χ0n) is 9.18. The van der Waals surface area contributed by atoms with E-state index in [1.807, 2.05) is 0 Å².